The number of nitrogens with zero attached hydrogens (tertiary/aromatic N) is 1. The van der Waals surface area contributed by atoms with Crippen LogP contribution in [0.5, 0.6) is 0 Å². The second kappa shape index (κ2) is 6.86. The minimum absolute atomic E-state index is 0.0556. The Morgan fingerprint density at radius 2 is 2.29 bits per heavy atom. The van der Waals surface area contributed by atoms with Gasteiger partial charge in [0.25, 0.3) is 5.24 Å². The van der Waals surface area contributed by atoms with Gasteiger partial charge in [-0.05, 0) is 5.92 Å². The molecule has 2 amide bonds. The fourth-order valence-electron chi connectivity index (χ4n) is 1.41. The highest BCUT2D eigenvalue weighted by Crippen LogP contribution is 2.16. The van der Waals surface area contributed by atoms with Gasteiger partial charge in [-0.1, -0.05) is 25.6 Å². The van der Waals surface area contributed by atoms with Gasteiger partial charge < -0.3 is 15.3 Å². The summed E-state index contributed by atoms with van der Waals surface area (Å²) in [6, 6.07) is 0. The zero-order chi connectivity index (χ0) is 12.8. The number of hydrogen-bond acceptors (Lipinski definition) is 4. The molecule has 1 atom stereocenters. The maximum absolute atomic E-state index is 11.5. The van der Waals surface area contributed by atoms with Crippen LogP contribution in [0, 0.1) is 5.92 Å². The van der Waals surface area contributed by atoms with Crippen molar-refractivity contribution in [2.45, 2.75) is 26.4 Å². The van der Waals surface area contributed by atoms with Crippen LogP contribution in [0.3, 0.4) is 0 Å². The summed E-state index contributed by atoms with van der Waals surface area (Å²) in [4.78, 5) is 24.4. The van der Waals surface area contributed by atoms with Crippen molar-refractivity contribution < 1.29 is 14.7 Å². The van der Waals surface area contributed by atoms with Gasteiger partial charge >= 0.3 is 0 Å². The number of nitrogens with one attached hydrogen (secondary N) is 1. The van der Waals surface area contributed by atoms with E-state index in [4.69, 9.17) is 0 Å². The highest BCUT2D eigenvalue weighted by molar-refractivity contribution is 8.13. The summed E-state index contributed by atoms with van der Waals surface area (Å²) in [7, 11) is 0. The number of carbonyl (C=O) groups is 2. The summed E-state index contributed by atoms with van der Waals surface area (Å²) >= 11 is 1.29. The Bertz CT molecular complexity index is 284. The van der Waals surface area contributed by atoms with Crippen molar-refractivity contribution in [1.82, 2.24) is 10.2 Å². The van der Waals surface area contributed by atoms with E-state index in [-0.39, 0.29) is 23.6 Å². The summed E-state index contributed by atoms with van der Waals surface area (Å²) in [5.41, 5.74) is 0. The molecule has 1 fully saturated rings. The highest BCUT2D eigenvalue weighted by Gasteiger charge is 2.21. The Kier molecular flexibility index (Phi) is 5.77. The quantitative estimate of drug-likeness (QED) is 0.737. The van der Waals surface area contributed by atoms with Crippen LogP contribution in [-0.2, 0) is 4.79 Å². The van der Waals surface area contributed by atoms with E-state index in [1.54, 1.807) is 4.90 Å². The maximum Gasteiger partial charge on any atom is 0.281 e. The molecule has 1 aliphatic rings. The fourth-order valence-corrected chi connectivity index (χ4v) is 2.26. The van der Waals surface area contributed by atoms with Crippen molar-refractivity contribution in [1.29, 1.82) is 0 Å². The van der Waals surface area contributed by atoms with Gasteiger partial charge in [0.2, 0.25) is 5.91 Å². The molecule has 98 valence electrons. The normalized spacial score (nSPS) is 17.6. The molecule has 0 aromatic carbocycles. The van der Waals surface area contributed by atoms with Crippen molar-refractivity contribution in [3.63, 3.8) is 0 Å². The van der Waals surface area contributed by atoms with E-state index in [1.165, 1.54) is 11.8 Å². The summed E-state index contributed by atoms with van der Waals surface area (Å²) in [6.45, 7) is 5.27. The molecule has 0 bridgehead atoms. The van der Waals surface area contributed by atoms with Crippen LogP contribution in [0.2, 0.25) is 0 Å². The topological polar surface area (TPSA) is 69.6 Å². The number of amides is 2. The fraction of sp³-hybridized carbons (Fsp3) is 0.818. The lowest BCUT2D eigenvalue weighted by atomic mass is 10.1. The molecule has 1 aliphatic heterocycles. The largest absolute Gasteiger partial charge is 0.391 e. The monoisotopic (exact) mass is 260 g/mol. The Hall–Kier alpha value is -0.750. The molecule has 6 heteroatoms. The first-order chi connectivity index (χ1) is 8.00. The zero-order valence-corrected chi connectivity index (χ0v) is 11.1. The van der Waals surface area contributed by atoms with Gasteiger partial charge in [0.05, 0.1) is 6.10 Å². The minimum atomic E-state index is -0.511. The Morgan fingerprint density at radius 3 is 2.82 bits per heavy atom. The summed E-state index contributed by atoms with van der Waals surface area (Å²) < 4.78 is 0. The Labute approximate surface area is 106 Å². The van der Waals surface area contributed by atoms with E-state index in [0.717, 1.165) is 12.3 Å². The van der Waals surface area contributed by atoms with Crippen molar-refractivity contribution >= 4 is 22.9 Å². The second-order valence-electron chi connectivity index (χ2n) is 4.47. The Morgan fingerprint density at radius 1 is 1.59 bits per heavy atom. The molecule has 0 radical (unpaired) electrons. The molecule has 0 saturated carbocycles. The first kappa shape index (κ1) is 14.3. The van der Waals surface area contributed by atoms with Crippen molar-refractivity contribution in [2.24, 2.45) is 5.92 Å². The lowest BCUT2D eigenvalue weighted by Gasteiger charge is -2.16. The smallest absolute Gasteiger partial charge is 0.281 e. The standard InChI is InChI=1S/C11H20N2O3S/c1-8(2)9(14)7-12-10(15)3-4-13-5-6-17-11(13)16/h8-9,14H,3-7H2,1-2H3,(H,12,15). The molecule has 1 unspecified atom stereocenters. The SMILES string of the molecule is CC(C)C(O)CNC(=O)CCN1CCSC1=O. The van der Waals surface area contributed by atoms with E-state index in [2.05, 4.69) is 5.32 Å². The van der Waals surface area contributed by atoms with Crippen LogP contribution >= 0.6 is 11.8 Å². The number of carbonyl (C=O) groups excluding carboxylic acids is 2. The molecular formula is C11H20N2O3S. The number of hydrogen-bond donors (Lipinski definition) is 2. The lowest BCUT2D eigenvalue weighted by molar-refractivity contribution is -0.121. The number of aliphatic hydroxyl groups excluding tert-OH is 1. The van der Waals surface area contributed by atoms with Crippen LogP contribution in [-0.4, -0.2) is 52.6 Å². The average molecular weight is 260 g/mol. The van der Waals surface area contributed by atoms with E-state index >= 15 is 0 Å². The van der Waals surface area contributed by atoms with E-state index < -0.39 is 6.10 Å². The van der Waals surface area contributed by atoms with Gasteiger partial charge in [0.15, 0.2) is 0 Å². The third-order valence-corrected chi connectivity index (χ3v) is 3.62. The predicted octanol–water partition coefficient (Wildman–Crippen LogP) is 0.678. The summed E-state index contributed by atoms with van der Waals surface area (Å²) in [6.07, 6.45) is -0.208. The predicted molar refractivity (Wildman–Crippen MR) is 67.9 cm³/mol. The second-order valence-corrected chi connectivity index (χ2v) is 5.51. The summed E-state index contributed by atoms with van der Waals surface area (Å²) in [5.74, 6) is 0.827. The van der Waals surface area contributed by atoms with E-state index in [0.29, 0.717) is 13.0 Å². The lowest BCUT2D eigenvalue weighted by Crippen LogP contribution is -2.36. The molecule has 1 heterocycles. The summed E-state index contributed by atoms with van der Waals surface area (Å²) in [5, 5.41) is 12.2. The molecule has 0 aromatic rings. The molecule has 0 spiro atoms. The first-order valence-corrected chi connectivity index (χ1v) is 6.85. The molecule has 5 nitrogen and oxygen atoms in total. The first-order valence-electron chi connectivity index (χ1n) is 5.87. The van der Waals surface area contributed by atoms with Crippen molar-refractivity contribution in [3.05, 3.63) is 0 Å². The van der Waals surface area contributed by atoms with Crippen LogP contribution in [0.25, 0.3) is 0 Å². The van der Waals surface area contributed by atoms with E-state index in [1.807, 2.05) is 13.8 Å². The van der Waals surface area contributed by atoms with Crippen molar-refractivity contribution in [2.75, 3.05) is 25.4 Å². The molecule has 17 heavy (non-hydrogen) atoms. The van der Waals surface area contributed by atoms with Crippen molar-refractivity contribution in [3.8, 4) is 0 Å². The molecule has 1 saturated heterocycles. The van der Waals surface area contributed by atoms with Gasteiger partial charge in [0.1, 0.15) is 0 Å². The molecule has 0 aliphatic carbocycles. The number of thioether (sulfide) groups is 1. The maximum atomic E-state index is 11.5. The van der Waals surface area contributed by atoms with Gasteiger partial charge in [0, 0.05) is 31.8 Å². The van der Waals surface area contributed by atoms with Crippen LogP contribution in [0.1, 0.15) is 20.3 Å². The average Bonchev–Trinajstić information content (AvgIpc) is 2.68. The Balaban J connectivity index is 2.15. The number of aliphatic hydroxyl groups is 1. The zero-order valence-electron chi connectivity index (χ0n) is 10.3. The van der Waals surface area contributed by atoms with Gasteiger partial charge in [-0.25, -0.2) is 0 Å². The third-order valence-electron chi connectivity index (χ3n) is 2.73. The number of rotatable bonds is 6. The highest BCUT2D eigenvalue weighted by atomic mass is 32.2. The molecule has 1 rings (SSSR count). The minimum Gasteiger partial charge on any atom is -0.391 e. The molecule has 0 aromatic heterocycles. The van der Waals surface area contributed by atoms with Gasteiger partial charge in [-0.2, -0.15) is 0 Å². The van der Waals surface area contributed by atoms with Gasteiger partial charge in [-0.15, -0.1) is 0 Å². The van der Waals surface area contributed by atoms with Gasteiger partial charge in [-0.3, -0.25) is 9.59 Å². The van der Waals surface area contributed by atoms with Crippen LogP contribution in [0.15, 0.2) is 0 Å². The van der Waals surface area contributed by atoms with Crippen LogP contribution < -0.4 is 5.32 Å². The molecule has 2 N–H and O–H groups in total. The molecular weight excluding hydrogens is 240 g/mol. The third kappa shape index (κ3) is 4.95. The van der Waals surface area contributed by atoms with Crippen LogP contribution in [0.4, 0.5) is 4.79 Å². The van der Waals surface area contributed by atoms with E-state index in [9.17, 15) is 14.7 Å².